The highest BCUT2D eigenvalue weighted by atomic mass is 16.5. The lowest BCUT2D eigenvalue weighted by atomic mass is 9.97. The topological polar surface area (TPSA) is 64.0 Å². The van der Waals surface area contributed by atoms with E-state index < -0.39 is 0 Å². The summed E-state index contributed by atoms with van der Waals surface area (Å²) in [5.41, 5.74) is 4.21. The van der Waals surface area contributed by atoms with Crippen LogP contribution in [0.5, 0.6) is 11.5 Å². The molecule has 38 heavy (non-hydrogen) atoms. The van der Waals surface area contributed by atoms with Crippen molar-refractivity contribution in [2.75, 3.05) is 25.7 Å². The van der Waals surface area contributed by atoms with Gasteiger partial charge in [0.15, 0.2) is 0 Å². The fourth-order valence-electron chi connectivity index (χ4n) is 5.28. The molecule has 6 rings (SSSR count). The number of methoxy groups -OCH3 is 2. The third-order valence-corrected chi connectivity index (χ3v) is 7.26. The lowest BCUT2D eigenvalue weighted by molar-refractivity contribution is -0.119. The molecule has 2 aliphatic rings. The second-order valence-corrected chi connectivity index (χ2v) is 9.63. The Labute approximate surface area is 221 Å². The Morgan fingerprint density at radius 1 is 0.842 bits per heavy atom. The predicted octanol–water partition coefficient (Wildman–Crippen LogP) is 5.24. The number of rotatable bonds is 7. The average Bonchev–Trinajstić information content (AvgIpc) is 3.69. The number of hydrogen-bond acceptors (Lipinski definition) is 4. The summed E-state index contributed by atoms with van der Waals surface area (Å²) >= 11 is 0. The minimum Gasteiger partial charge on any atom is -0.497 e. The van der Waals surface area contributed by atoms with Gasteiger partial charge in [0.25, 0.3) is 5.91 Å². The van der Waals surface area contributed by atoms with E-state index in [1.807, 2.05) is 71.8 Å². The van der Waals surface area contributed by atoms with Gasteiger partial charge in [-0.15, -0.1) is 0 Å². The molecule has 1 aliphatic carbocycles. The van der Waals surface area contributed by atoms with Crippen LogP contribution in [0.1, 0.15) is 40.5 Å². The van der Waals surface area contributed by atoms with Gasteiger partial charge in [0.05, 0.1) is 31.3 Å². The van der Waals surface area contributed by atoms with Crippen molar-refractivity contribution in [2.24, 2.45) is 0 Å². The summed E-state index contributed by atoms with van der Waals surface area (Å²) in [6.45, 7) is -0.0264. The van der Waals surface area contributed by atoms with E-state index in [0.29, 0.717) is 17.1 Å². The third kappa shape index (κ3) is 4.20. The lowest BCUT2D eigenvalue weighted by Crippen LogP contribution is -2.47. The molecule has 1 aliphatic heterocycles. The minimum absolute atomic E-state index is 0.0264. The molecule has 2 amide bonds. The smallest absolute Gasteiger partial charge is 0.254 e. The van der Waals surface area contributed by atoms with E-state index in [1.165, 1.54) is 0 Å². The van der Waals surface area contributed by atoms with Gasteiger partial charge in [-0.3, -0.25) is 14.5 Å². The molecule has 1 saturated carbocycles. The van der Waals surface area contributed by atoms with E-state index in [2.05, 4.69) is 10.6 Å². The summed E-state index contributed by atoms with van der Waals surface area (Å²) in [4.78, 5) is 31.6. The van der Waals surface area contributed by atoms with E-state index >= 15 is 0 Å². The molecule has 4 aromatic rings. The molecular weight excluding hydrogens is 478 g/mol. The molecular formula is C31H29N3O4. The molecule has 0 radical (unpaired) electrons. The summed E-state index contributed by atoms with van der Waals surface area (Å²) in [5, 5.41) is 0. The van der Waals surface area contributed by atoms with Crippen molar-refractivity contribution in [3.8, 4) is 17.2 Å². The number of aromatic nitrogens is 1. The number of amides is 2. The Balaban J connectivity index is 1.39. The van der Waals surface area contributed by atoms with Gasteiger partial charge in [-0.1, -0.05) is 42.5 Å². The molecule has 1 fully saturated rings. The number of para-hydroxylation sites is 2. The Hall–Kier alpha value is -4.52. The molecule has 0 saturated heterocycles. The Morgan fingerprint density at radius 2 is 1.50 bits per heavy atom. The van der Waals surface area contributed by atoms with E-state index in [4.69, 9.17) is 9.47 Å². The van der Waals surface area contributed by atoms with Crippen molar-refractivity contribution in [1.82, 2.24) is 9.47 Å². The van der Waals surface area contributed by atoms with Crippen LogP contribution in [0.25, 0.3) is 5.69 Å². The zero-order chi connectivity index (χ0) is 26.2. The number of fused-ring (bicyclic) bond motifs is 3. The Kier molecular flexibility index (Phi) is 6.12. The molecule has 0 N–H and O–H groups in total. The normalized spacial score (nSPS) is 15.8. The van der Waals surface area contributed by atoms with Crippen LogP contribution in [-0.4, -0.2) is 48.1 Å². The SMILES string of the molecule is COc1cc(OC)cc(C(=O)N(CC(=O)N2c3ccccc3-n3cccc3C2c2ccccc2)C2CC2)c1. The first-order valence-electron chi connectivity index (χ1n) is 12.8. The van der Waals surface area contributed by atoms with E-state index in [-0.39, 0.29) is 30.4 Å². The fraction of sp³-hybridized carbons (Fsp3) is 0.226. The van der Waals surface area contributed by atoms with Gasteiger partial charge < -0.3 is 18.9 Å². The van der Waals surface area contributed by atoms with Crippen LogP contribution < -0.4 is 14.4 Å². The van der Waals surface area contributed by atoms with Crippen molar-refractivity contribution >= 4 is 17.5 Å². The van der Waals surface area contributed by atoms with Gasteiger partial charge in [-0.25, -0.2) is 0 Å². The average molecular weight is 508 g/mol. The van der Waals surface area contributed by atoms with Gasteiger partial charge in [-0.2, -0.15) is 0 Å². The summed E-state index contributed by atoms with van der Waals surface area (Å²) in [6, 6.07) is 26.9. The predicted molar refractivity (Wildman–Crippen MR) is 145 cm³/mol. The first-order valence-corrected chi connectivity index (χ1v) is 12.8. The number of carbonyl (C=O) groups is 2. The zero-order valence-corrected chi connectivity index (χ0v) is 21.4. The number of nitrogens with zero attached hydrogens (tertiary/aromatic N) is 3. The standard InChI is InChI=1S/C31H29N3O4/c1-37-24-17-22(18-25(19-24)38-2)31(36)33(23-14-15-23)20-29(35)34-27-12-7-6-11-26(27)32-16-8-13-28(32)30(34)21-9-4-3-5-10-21/h3-13,16-19,23,30H,14-15,20H2,1-2H3. The number of carbonyl (C=O) groups excluding carboxylic acids is 2. The quantitative estimate of drug-likeness (QED) is 0.343. The zero-order valence-electron chi connectivity index (χ0n) is 21.4. The number of benzene rings is 3. The maximum absolute atomic E-state index is 14.3. The van der Waals surface area contributed by atoms with E-state index in [0.717, 1.165) is 35.5 Å². The van der Waals surface area contributed by atoms with Crippen LogP contribution in [0, 0.1) is 0 Å². The number of anilines is 1. The lowest BCUT2D eigenvalue weighted by Gasteiger charge is -2.39. The Morgan fingerprint density at radius 3 is 2.16 bits per heavy atom. The van der Waals surface area contributed by atoms with Gasteiger partial charge in [-0.05, 0) is 54.8 Å². The molecule has 7 heteroatoms. The highest BCUT2D eigenvalue weighted by molar-refractivity contribution is 6.03. The third-order valence-electron chi connectivity index (χ3n) is 7.26. The minimum atomic E-state index is -0.318. The van der Waals surface area contributed by atoms with Crippen LogP contribution in [0.15, 0.2) is 91.1 Å². The van der Waals surface area contributed by atoms with E-state index in [1.54, 1.807) is 37.3 Å². The fourth-order valence-corrected chi connectivity index (χ4v) is 5.28. The van der Waals surface area contributed by atoms with Crippen LogP contribution in [-0.2, 0) is 4.79 Å². The van der Waals surface area contributed by atoms with Crippen molar-refractivity contribution in [2.45, 2.75) is 24.9 Å². The monoisotopic (exact) mass is 507 g/mol. The second kappa shape index (κ2) is 9.74. The molecule has 3 aromatic carbocycles. The molecule has 1 unspecified atom stereocenters. The van der Waals surface area contributed by atoms with Crippen LogP contribution in [0.3, 0.4) is 0 Å². The first-order chi connectivity index (χ1) is 18.6. The highest BCUT2D eigenvalue weighted by Gasteiger charge is 2.40. The molecule has 0 spiro atoms. The van der Waals surface area contributed by atoms with E-state index in [9.17, 15) is 9.59 Å². The van der Waals surface area contributed by atoms with Crippen LogP contribution in [0.4, 0.5) is 5.69 Å². The summed E-state index contributed by atoms with van der Waals surface area (Å²) in [6.07, 6.45) is 3.78. The molecule has 1 atom stereocenters. The molecule has 7 nitrogen and oxygen atoms in total. The van der Waals surface area contributed by atoms with Crippen molar-refractivity contribution in [3.05, 3.63) is 108 Å². The Bertz CT molecular complexity index is 1470. The maximum atomic E-state index is 14.3. The maximum Gasteiger partial charge on any atom is 0.254 e. The van der Waals surface area contributed by atoms with Crippen LogP contribution in [0.2, 0.25) is 0 Å². The highest BCUT2D eigenvalue weighted by Crippen LogP contribution is 2.42. The summed E-state index contributed by atoms with van der Waals surface area (Å²) in [7, 11) is 3.11. The van der Waals surface area contributed by atoms with Gasteiger partial charge in [0.1, 0.15) is 24.1 Å². The van der Waals surface area contributed by atoms with Gasteiger partial charge in [0.2, 0.25) is 5.91 Å². The number of hydrogen-bond donors (Lipinski definition) is 0. The van der Waals surface area contributed by atoms with Gasteiger partial charge in [0, 0.05) is 23.9 Å². The molecule has 2 heterocycles. The van der Waals surface area contributed by atoms with Crippen molar-refractivity contribution in [1.29, 1.82) is 0 Å². The van der Waals surface area contributed by atoms with Gasteiger partial charge >= 0.3 is 0 Å². The largest absolute Gasteiger partial charge is 0.497 e. The first kappa shape index (κ1) is 23.9. The van der Waals surface area contributed by atoms with Crippen LogP contribution >= 0.6 is 0 Å². The molecule has 192 valence electrons. The second-order valence-electron chi connectivity index (χ2n) is 9.63. The molecule has 1 aromatic heterocycles. The number of ether oxygens (including phenoxy) is 2. The summed E-state index contributed by atoms with van der Waals surface area (Å²) < 4.78 is 12.9. The van der Waals surface area contributed by atoms with Crippen molar-refractivity contribution < 1.29 is 19.1 Å². The van der Waals surface area contributed by atoms with Crippen molar-refractivity contribution in [3.63, 3.8) is 0 Å². The molecule has 0 bridgehead atoms. The summed E-state index contributed by atoms with van der Waals surface area (Å²) in [5.74, 6) is 0.728.